The quantitative estimate of drug-likeness (QED) is 0.808. The van der Waals surface area contributed by atoms with Gasteiger partial charge in [0.15, 0.2) is 17.8 Å². The molecule has 0 bridgehead atoms. The fourth-order valence-corrected chi connectivity index (χ4v) is 2.83. The molecule has 1 aliphatic heterocycles. The maximum Gasteiger partial charge on any atom is 0.161 e. The fourth-order valence-electron chi connectivity index (χ4n) is 2.83. The van der Waals surface area contributed by atoms with E-state index in [4.69, 9.17) is 18.9 Å². The minimum absolute atomic E-state index is 0.100. The molecule has 1 unspecified atom stereocenters. The van der Waals surface area contributed by atoms with E-state index in [1.807, 2.05) is 32.0 Å². The smallest absolute Gasteiger partial charge is 0.161 e. The molecule has 0 aromatic heterocycles. The molecule has 0 N–H and O–H groups in total. The Morgan fingerprint density at radius 1 is 1.23 bits per heavy atom. The van der Waals surface area contributed by atoms with Gasteiger partial charge >= 0.3 is 0 Å². The maximum absolute atomic E-state index is 9.92. The third-order valence-electron chi connectivity index (χ3n) is 4.26. The topological polar surface area (TPSA) is 60.7 Å². The SMILES string of the molecule is COc1ccc(C(C#N)(CC2OCCO2)C(C)C)cc1OC. The summed E-state index contributed by atoms with van der Waals surface area (Å²) in [6, 6.07) is 8.11. The average molecular weight is 305 g/mol. The lowest BCUT2D eigenvalue weighted by Crippen LogP contribution is -2.35. The molecule has 1 fully saturated rings. The lowest BCUT2D eigenvalue weighted by atomic mass is 9.70. The van der Waals surface area contributed by atoms with Gasteiger partial charge in [-0.05, 0) is 23.6 Å². The van der Waals surface area contributed by atoms with Gasteiger partial charge in [-0.25, -0.2) is 0 Å². The largest absolute Gasteiger partial charge is 0.493 e. The van der Waals surface area contributed by atoms with Crippen molar-refractivity contribution < 1.29 is 18.9 Å². The van der Waals surface area contributed by atoms with Crippen LogP contribution in [0.2, 0.25) is 0 Å². The van der Waals surface area contributed by atoms with Gasteiger partial charge in [0.25, 0.3) is 0 Å². The minimum Gasteiger partial charge on any atom is -0.493 e. The summed E-state index contributed by atoms with van der Waals surface area (Å²) in [5.41, 5.74) is 0.191. The molecule has 1 aromatic rings. The molecule has 0 amide bonds. The van der Waals surface area contributed by atoms with Crippen molar-refractivity contribution in [3.8, 4) is 17.6 Å². The molecule has 5 heteroatoms. The van der Waals surface area contributed by atoms with E-state index in [0.717, 1.165) is 5.56 Å². The summed E-state index contributed by atoms with van der Waals surface area (Å²) in [6.07, 6.45) is 0.159. The van der Waals surface area contributed by atoms with E-state index < -0.39 is 5.41 Å². The second kappa shape index (κ2) is 6.99. The number of ether oxygens (including phenoxy) is 4. The summed E-state index contributed by atoms with van der Waals surface area (Å²) in [5.74, 6) is 1.37. The molecule has 0 aliphatic carbocycles. The highest BCUT2D eigenvalue weighted by Gasteiger charge is 2.40. The van der Waals surface area contributed by atoms with Crippen molar-refractivity contribution in [1.29, 1.82) is 5.26 Å². The van der Waals surface area contributed by atoms with Crippen LogP contribution in [0.25, 0.3) is 0 Å². The fraction of sp³-hybridized carbons (Fsp3) is 0.588. The van der Waals surface area contributed by atoms with Crippen LogP contribution in [0.1, 0.15) is 25.8 Å². The average Bonchev–Trinajstić information content (AvgIpc) is 3.04. The van der Waals surface area contributed by atoms with Crippen LogP contribution in [0.15, 0.2) is 18.2 Å². The number of benzene rings is 1. The number of nitriles is 1. The molecular weight excluding hydrogens is 282 g/mol. The van der Waals surface area contributed by atoms with Gasteiger partial charge in [0.1, 0.15) is 0 Å². The van der Waals surface area contributed by atoms with E-state index in [2.05, 4.69) is 6.07 Å². The zero-order chi connectivity index (χ0) is 16.2. The van der Waals surface area contributed by atoms with Crippen molar-refractivity contribution in [1.82, 2.24) is 0 Å². The second-order valence-electron chi connectivity index (χ2n) is 5.68. The number of hydrogen-bond donors (Lipinski definition) is 0. The third kappa shape index (κ3) is 3.03. The Morgan fingerprint density at radius 2 is 1.86 bits per heavy atom. The second-order valence-corrected chi connectivity index (χ2v) is 5.68. The monoisotopic (exact) mass is 305 g/mol. The number of nitrogens with zero attached hydrogens (tertiary/aromatic N) is 1. The van der Waals surface area contributed by atoms with E-state index >= 15 is 0 Å². The van der Waals surface area contributed by atoms with Crippen molar-refractivity contribution in [2.75, 3.05) is 27.4 Å². The van der Waals surface area contributed by atoms with Gasteiger partial charge < -0.3 is 18.9 Å². The van der Waals surface area contributed by atoms with Gasteiger partial charge in [0.05, 0.1) is 38.9 Å². The lowest BCUT2D eigenvalue weighted by molar-refractivity contribution is -0.0604. The van der Waals surface area contributed by atoms with E-state index in [1.54, 1.807) is 14.2 Å². The van der Waals surface area contributed by atoms with E-state index in [1.165, 1.54) is 0 Å². The van der Waals surface area contributed by atoms with Crippen LogP contribution in [-0.4, -0.2) is 33.7 Å². The molecular formula is C17H23NO4. The Morgan fingerprint density at radius 3 is 2.36 bits per heavy atom. The minimum atomic E-state index is -0.700. The zero-order valence-electron chi connectivity index (χ0n) is 13.6. The molecule has 1 atom stereocenters. The van der Waals surface area contributed by atoms with Crippen molar-refractivity contribution in [3.63, 3.8) is 0 Å². The first-order valence-corrected chi connectivity index (χ1v) is 7.44. The van der Waals surface area contributed by atoms with Gasteiger partial charge in [-0.2, -0.15) is 5.26 Å². The molecule has 5 nitrogen and oxygen atoms in total. The van der Waals surface area contributed by atoms with Crippen molar-refractivity contribution >= 4 is 0 Å². The Balaban J connectivity index is 2.42. The molecule has 2 rings (SSSR count). The van der Waals surface area contributed by atoms with Gasteiger partial charge in [-0.1, -0.05) is 19.9 Å². The first kappa shape index (κ1) is 16.6. The van der Waals surface area contributed by atoms with E-state index in [-0.39, 0.29) is 12.2 Å². The zero-order valence-corrected chi connectivity index (χ0v) is 13.6. The Hall–Kier alpha value is -1.77. The van der Waals surface area contributed by atoms with Gasteiger partial charge in [0, 0.05) is 6.42 Å². The number of hydrogen-bond acceptors (Lipinski definition) is 5. The first-order valence-electron chi connectivity index (χ1n) is 7.44. The summed E-state index contributed by atoms with van der Waals surface area (Å²) >= 11 is 0. The van der Waals surface area contributed by atoms with E-state index in [9.17, 15) is 5.26 Å². The highest BCUT2D eigenvalue weighted by Crippen LogP contribution is 2.41. The number of rotatable bonds is 6. The molecule has 1 aromatic carbocycles. The molecule has 120 valence electrons. The molecule has 0 spiro atoms. The van der Waals surface area contributed by atoms with Crippen LogP contribution in [0.4, 0.5) is 0 Å². The van der Waals surface area contributed by atoms with Gasteiger partial charge in [-0.3, -0.25) is 0 Å². The summed E-state index contributed by atoms with van der Waals surface area (Å²) in [4.78, 5) is 0. The lowest BCUT2D eigenvalue weighted by Gasteiger charge is -2.33. The predicted molar refractivity (Wildman–Crippen MR) is 82.0 cm³/mol. The van der Waals surface area contributed by atoms with Crippen LogP contribution < -0.4 is 9.47 Å². The Labute approximate surface area is 131 Å². The molecule has 1 saturated heterocycles. The van der Waals surface area contributed by atoms with Crippen molar-refractivity contribution in [3.05, 3.63) is 23.8 Å². The summed E-state index contributed by atoms with van der Waals surface area (Å²) in [6.45, 7) is 5.23. The number of methoxy groups -OCH3 is 2. The molecule has 1 heterocycles. The highest BCUT2D eigenvalue weighted by molar-refractivity contribution is 5.47. The highest BCUT2D eigenvalue weighted by atomic mass is 16.7. The molecule has 0 radical (unpaired) electrons. The molecule has 1 aliphatic rings. The normalized spacial score (nSPS) is 18.0. The maximum atomic E-state index is 9.92. The van der Waals surface area contributed by atoms with Crippen molar-refractivity contribution in [2.24, 2.45) is 5.92 Å². The van der Waals surface area contributed by atoms with Crippen LogP contribution in [-0.2, 0) is 14.9 Å². The standard InChI is InChI=1S/C17H23NO4/c1-12(2)17(11-18,10-16-21-7-8-22-16)13-5-6-14(19-3)15(9-13)20-4/h5-6,9,12,16H,7-8,10H2,1-4H3. The van der Waals surface area contributed by atoms with Crippen LogP contribution in [0.3, 0.4) is 0 Å². The van der Waals surface area contributed by atoms with Crippen LogP contribution >= 0.6 is 0 Å². The van der Waals surface area contributed by atoms with Crippen LogP contribution in [0.5, 0.6) is 11.5 Å². The first-order chi connectivity index (χ1) is 10.6. The Kier molecular flexibility index (Phi) is 5.28. The third-order valence-corrected chi connectivity index (χ3v) is 4.26. The summed E-state index contributed by atoms with van der Waals surface area (Å²) in [5, 5.41) is 9.92. The van der Waals surface area contributed by atoms with Gasteiger partial charge in [0.2, 0.25) is 0 Å². The summed E-state index contributed by atoms with van der Waals surface area (Å²) < 4.78 is 21.8. The van der Waals surface area contributed by atoms with Gasteiger partial charge in [-0.15, -0.1) is 0 Å². The predicted octanol–water partition coefficient (Wildman–Crippen LogP) is 2.88. The van der Waals surface area contributed by atoms with Crippen molar-refractivity contribution in [2.45, 2.75) is 32.0 Å². The molecule has 22 heavy (non-hydrogen) atoms. The molecule has 0 saturated carbocycles. The van der Waals surface area contributed by atoms with E-state index in [0.29, 0.717) is 31.1 Å². The summed E-state index contributed by atoms with van der Waals surface area (Å²) in [7, 11) is 3.19. The Bertz CT molecular complexity index is 546. The van der Waals surface area contributed by atoms with Crippen LogP contribution in [0, 0.1) is 17.2 Å².